The van der Waals surface area contributed by atoms with E-state index in [2.05, 4.69) is 73.7 Å². The van der Waals surface area contributed by atoms with Gasteiger partial charge in [0.05, 0.1) is 18.4 Å². The highest BCUT2D eigenvalue weighted by atomic mass is 15.3. The van der Waals surface area contributed by atoms with E-state index in [0.717, 1.165) is 19.6 Å². The van der Waals surface area contributed by atoms with Crippen LogP contribution in [0.15, 0.2) is 30.5 Å². The molecule has 0 spiro atoms. The van der Waals surface area contributed by atoms with Gasteiger partial charge in [-0.2, -0.15) is 5.10 Å². The summed E-state index contributed by atoms with van der Waals surface area (Å²) in [6.45, 7) is 12.3. The fraction of sp³-hybridized carbons (Fsp3) is 0.526. The lowest BCUT2D eigenvalue weighted by Crippen LogP contribution is -2.30. The lowest BCUT2D eigenvalue weighted by atomic mass is 9.77. The van der Waals surface area contributed by atoms with Gasteiger partial charge in [0.1, 0.15) is 0 Å². The maximum absolute atomic E-state index is 4.55. The number of rotatable bonds is 2. The molecular weight excluding hydrogens is 270 g/mol. The largest absolute Gasteiger partial charge is 0.299 e. The van der Waals surface area contributed by atoms with Crippen LogP contribution in [0.25, 0.3) is 11.1 Å². The zero-order valence-electron chi connectivity index (χ0n) is 14.4. The molecule has 0 saturated heterocycles. The van der Waals surface area contributed by atoms with Crippen molar-refractivity contribution in [1.82, 2.24) is 14.7 Å². The number of hydrogen-bond donors (Lipinski definition) is 0. The van der Waals surface area contributed by atoms with Gasteiger partial charge in [-0.25, -0.2) is 0 Å². The Morgan fingerprint density at radius 3 is 2.41 bits per heavy atom. The minimum atomic E-state index is 0.293. The average Bonchev–Trinajstić information content (AvgIpc) is 2.88. The number of aromatic nitrogens is 2. The van der Waals surface area contributed by atoms with Crippen molar-refractivity contribution in [3.63, 3.8) is 0 Å². The summed E-state index contributed by atoms with van der Waals surface area (Å²) in [6.07, 6.45) is 2.02. The van der Waals surface area contributed by atoms with Gasteiger partial charge in [0.15, 0.2) is 0 Å². The Hall–Kier alpha value is -1.61. The molecule has 2 aromatic rings. The highest BCUT2D eigenvalue weighted by molar-refractivity contribution is 5.66. The summed E-state index contributed by atoms with van der Waals surface area (Å²) >= 11 is 0. The van der Waals surface area contributed by atoms with Crippen molar-refractivity contribution >= 4 is 0 Å². The first-order chi connectivity index (χ1) is 10.4. The van der Waals surface area contributed by atoms with Crippen LogP contribution in [0.4, 0.5) is 0 Å². The Morgan fingerprint density at radius 2 is 1.77 bits per heavy atom. The highest BCUT2D eigenvalue weighted by Gasteiger charge is 2.22. The molecule has 2 heterocycles. The van der Waals surface area contributed by atoms with Crippen molar-refractivity contribution in [3.05, 3.63) is 41.7 Å². The lowest BCUT2D eigenvalue weighted by Gasteiger charge is -2.28. The second-order valence-electron chi connectivity index (χ2n) is 7.68. The van der Waals surface area contributed by atoms with E-state index in [1.165, 1.54) is 22.4 Å². The summed E-state index contributed by atoms with van der Waals surface area (Å²) in [7, 11) is 2.17. The first kappa shape index (κ1) is 15.3. The van der Waals surface area contributed by atoms with E-state index in [-0.39, 0.29) is 0 Å². The van der Waals surface area contributed by atoms with Crippen LogP contribution < -0.4 is 0 Å². The third-order valence-corrected chi connectivity index (χ3v) is 5.08. The fourth-order valence-corrected chi connectivity index (χ4v) is 3.06. The summed E-state index contributed by atoms with van der Waals surface area (Å²) in [5.41, 5.74) is 5.60. The van der Waals surface area contributed by atoms with E-state index in [0.29, 0.717) is 11.3 Å². The Kier molecular flexibility index (Phi) is 3.85. The van der Waals surface area contributed by atoms with Gasteiger partial charge in [-0.15, -0.1) is 0 Å². The van der Waals surface area contributed by atoms with Crippen LogP contribution in [0.5, 0.6) is 0 Å². The number of benzene rings is 1. The van der Waals surface area contributed by atoms with Crippen LogP contribution in [0, 0.1) is 5.41 Å². The molecule has 3 heteroatoms. The highest BCUT2D eigenvalue weighted by Crippen LogP contribution is 2.35. The van der Waals surface area contributed by atoms with Crippen molar-refractivity contribution in [2.24, 2.45) is 5.41 Å². The van der Waals surface area contributed by atoms with Gasteiger partial charge in [-0.3, -0.25) is 9.58 Å². The molecule has 0 unspecified atom stereocenters. The van der Waals surface area contributed by atoms with Gasteiger partial charge in [0.25, 0.3) is 0 Å². The Balaban J connectivity index is 1.90. The topological polar surface area (TPSA) is 21.1 Å². The fourth-order valence-electron chi connectivity index (χ4n) is 3.06. The smallest absolute Gasteiger partial charge is 0.0603 e. The SMILES string of the molecule is C[C@H](c1ccc(-c2cnn3c2CN(C)CC3)cc1)C(C)(C)C. The second-order valence-corrected chi connectivity index (χ2v) is 7.68. The molecule has 0 aliphatic carbocycles. The van der Waals surface area contributed by atoms with Crippen molar-refractivity contribution in [2.45, 2.75) is 46.7 Å². The molecule has 1 aliphatic rings. The lowest BCUT2D eigenvalue weighted by molar-refractivity contribution is 0.259. The van der Waals surface area contributed by atoms with Crippen LogP contribution >= 0.6 is 0 Å². The second kappa shape index (κ2) is 5.54. The Bertz CT molecular complexity index is 646. The molecule has 1 aromatic carbocycles. The average molecular weight is 297 g/mol. The monoisotopic (exact) mass is 297 g/mol. The molecule has 0 saturated carbocycles. The predicted octanol–water partition coefficient (Wildman–Crippen LogP) is 4.15. The third kappa shape index (κ3) is 2.82. The third-order valence-electron chi connectivity index (χ3n) is 5.08. The Morgan fingerprint density at radius 1 is 1.09 bits per heavy atom. The van der Waals surface area contributed by atoms with Crippen molar-refractivity contribution in [3.8, 4) is 11.1 Å². The van der Waals surface area contributed by atoms with Gasteiger partial charge >= 0.3 is 0 Å². The molecule has 22 heavy (non-hydrogen) atoms. The van der Waals surface area contributed by atoms with E-state index in [1.54, 1.807) is 0 Å². The standard InChI is InChI=1S/C19H27N3/c1-14(19(2,3)4)15-6-8-16(9-7-15)17-12-20-22-11-10-21(5)13-18(17)22/h6-9,12,14H,10-11,13H2,1-5H3/t14-/m1/s1. The van der Waals surface area contributed by atoms with E-state index in [4.69, 9.17) is 0 Å². The first-order valence-corrected chi connectivity index (χ1v) is 8.20. The zero-order valence-corrected chi connectivity index (χ0v) is 14.4. The number of likely N-dealkylation sites (N-methyl/N-ethyl adjacent to an activating group) is 1. The summed E-state index contributed by atoms with van der Waals surface area (Å²) < 4.78 is 2.15. The molecule has 1 aromatic heterocycles. The van der Waals surface area contributed by atoms with Gasteiger partial charge in [-0.05, 0) is 29.5 Å². The summed E-state index contributed by atoms with van der Waals surface area (Å²) in [5, 5.41) is 4.55. The van der Waals surface area contributed by atoms with Gasteiger partial charge in [-0.1, -0.05) is 52.0 Å². The predicted molar refractivity (Wildman–Crippen MR) is 91.9 cm³/mol. The molecule has 0 amide bonds. The molecule has 0 fully saturated rings. The maximum Gasteiger partial charge on any atom is 0.0603 e. The molecule has 0 radical (unpaired) electrons. The molecule has 1 aliphatic heterocycles. The van der Waals surface area contributed by atoms with Crippen molar-refractivity contribution < 1.29 is 0 Å². The number of hydrogen-bond acceptors (Lipinski definition) is 2. The summed E-state index contributed by atoms with van der Waals surface area (Å²) in [4.78, 5) is 2.36. The van der Waals surface area contributed by atoms with Gasteiger partial charge in [0, 0.05) is 18.7 Å². The molecular formula is C19H27N3. The van der Waals surface area contributed by atoms with Gasteiger partial charge in [0.2, 0.25) is 0 Å². The normalized spacial score (nSPS) is 17.3. The summed E-state index contributed by atoms with van der Waals surface area (Å²) in [5.74, 6) is 0.550. The van der Waals surface area contributed by atoms with E-state index in [9.17, 15) is 0 Å². The van der Waals surface area contributed by atoms with Crippen LogP contribution in [0.1, 0.15) is 44.9 Å². The molecule has 0 N–H and O–H groups in total. The minimum absolute atomic E-state index is 0.293. The van der Waals surface area contributed by atoms with Crippen LogP contribution in [-0.4, -0.2) is 28.3 Å². The molecule has 118 valence electrons. The Labute approximate surface area is 133 Å². The number of fused-ring (bicyclic) bond motifs is 1. The van der Waals surface area contributed by atoms with Crippen LogP contribution in [-0.2, 0) is 13.1 Å². The number of nitrogens with zero attached hydrogens (tertiary/aromatic N) is 3. The molecule has 3 rings (SSSR count). The van der Waals surface area contributed by atoms with Gasteiger partial charge < -0.3 is 0 Å². The van der Waals surface area contributed by atoms with Crippen molar-refractivity contribution in [1.29, 1.82) is 0 Å². The van der Waals surface area contributed by atoms with E-state index < -0.39 is 0 Å². The minimum Gasteiger partial charge on any atom is -0.299 e. The maximum atomic E-state index is 4.55. The molecule has 3 nitrogen and oxygen atoms in total. The van der Waals surface area contributed by atoms with Crippen molar-refractivity contribution in [2.75, 3.05) is 13.6 Å². The molecule has 0 bridgehead atoms. The van der Waals surface area contributed by atoms with Crippen LogP contribution in [0.3, 0.4) is 0 Å². The zero-order chi connectivity index (χ0) is 15.9. The first-order valence-electron chi connectivity index (χ1n) is 8.20. The van der Waals surface area contributed by atoms with E-state index in [1.807, 2.05) is 6.20 Å². The molecule has 1 atom stereocenters. The van der Waals surface area contributed by atoms with Crippen LogP contribution in [0.2, 0.25) is 0 Å². The quantitative estimate of drug-likeness (QED) is 0.830. The summed E-state index contributed by atoms with van der Waals surface area (Å²) in [6, 6.07) is 9.07. The van der Waals surface area contributed by atoms with E-state index >= 15 is 0 Å².